The Kier molecular flexibility index (Phi) is 3.01. The number of nitrogens with zero attached hydrogens (tertiary/aromatic N) is 4. The van der Waals surface area contributed by atoms with Crippen LogP contribution in [0.2, 0.25) is 0 Å². The van der Waals surface area contributed by atoms with Gasteiger partial charge in [-0.05, 0) is 31.2 Å². The fraction of sp³-hybridized carbons (Fsp3) is 0.250. The third-order valence-corrected chi connectivity index (χ3v) is 5.32. The molecule has 0 spiro atoms. The monoisotopic (exact) mass is 346 g/mol. The van der Waals surface area contributed by atoms with E-state index in [-0.39, 0.29) is 5.91 Å². The third kappa shape index (κ3) is 1.89. The summed E-state index contributed by atoms with van der Waals surface area (Å²) in [5, 5.41) is 4.80. The van der Waals surface area contributed by atoms with E-state index in [9.17, 15) is 4.79 Å². The molecule has 6 nitrogen and oxygen atoms in total. The molecule has 0 N–H and O–H groups in total. The number of hydrogen-bond acceptors (Lipinski definition) is 4. The maximum atomic E-state index is 12.6. The number of aromatic nitrogens is 3. The first kappa shape index (κ1) is 15.1. The van der Waals surface area contributed by atoms with E-state index in [1.165, 1.54) is 0 Å². The molecule has 1 atom stereocenters. The molecule has 2 aliphatic heterocycles. The Labute approximate surface area is 151 Å². The number of fused-ring (bicyclic) bond motifs is 6. The van der Waals surface area contributed by atoms with Gasteiger partial charge in [-0.1, -0.05) is 24.3 Å². The highest BCUT2D eigenvalue weighted by Gasteiger charge is 2.50. The predicted octanol–water partition coefficient (Wildman–Crippen LogP) is 3.43. The van der Waals surface area contributed by atoms with Crippen molar-refractivity contribution in [1.29, 1.82) is 0 Å². The highest BCUT2D eigenvalue weighted by atomic mass is 16.5. The van der Waals surface area contributed by atoms with E-state index in [1.807, 2.05) is 58.1 Å². The minimum Gasteiger partial charge on any atom is -0.497 e. The molecule has 130 valence electrons. The molecule has 0 aliphatic carbocycles. The van der Waals surface area contributed by atoms with Crippen molar-refractivity contribution in [2.45, 2.75) is 25.4 Å². The molecule has 6 heteroatoms. The maximum absolute atomic E-state index is 12.6. The fourth-order valence-corrected chi connectivity index (χ4v) is 3.99. The van der Waals surface area contributed by atoms with Gasteiger partial charge in [0.05, 0.1) is 12.8 Å². The molecule has 0 saturated carbocycles. The lowest BCUT2D eigenvalue weighted by atomic mass is 10.0. The quantitative estimate of drug-likeness (QED) is 0.713. The minimum atomic E-state index is -0.523. The SMILES string of the molecule is COc1cccc(-c2nc3n(n2)[C@]2(C)CCC(=O)N2c2ccccc2-3)c1. The zero-order valence-corrected chi connectivity index (χ0v) is 14.6. The van der Waals surface area contributed by atoms with Gasteiger partial charge in [0.15, 0.2) is 11.6 Å². The van der Waals surface area contributed by atoms with Gasteiger partial charge in [0.2, 0.25) is 5.91 Å². The smallest absolute Gasteiger partial charge is 0.229 e. The van der Waals surface area contributed by atoms with Crippen molar-refractivity contribution in [2.75, 3.05) is 12.0 Å². The van der Waals surface area contributed by atoms with E-state index in [4.69, 9.17) is 14.8 Å². The number of benzene rings is 2. The highest BCUT2D eigenvalue weighted by Crippen LogP contribution is 2.48. The first-order chi connectivity index (χ1) is 12.6. The predicted molar refractivity (Wildman–Crippen MR) is 97.8 cm³/mol. The molecule has 1 aromatic heterocycles. The van der Waals surface area contributed by atoms with Crippen LogP contribution in [0.4, 0.5) is 5.69 Å². The molecule has 2 aromatic carbocycles. The Morgan fingerprint density at radius 2 is 2.00 bits per heavy atom. The number of carbonyl (C=O) groups excluding carboxylic acids is 1. The van der Waals surface area contributed by atoms with Gasteiger partial charge in [-0.25, -0.2) is 9.67 Å². The van der Waals surface area contributed by atoms with E-state index >= 15 is 0 Å². The lowest BCUT2D eigenvalue weighted by Gasteiger charge is -2.40. The number of carbonyl (C=O) groups is 1. The fourth-order valence-electron chi connectivity index (χ4n) is 3.99. The standard InChI is InChI=1S/C20H18N4O2/c1-20-11-10-17(25)23(20)16-9-4-3-8-15(16)19-21-18(22-24(19)20)13-6-5-7-14(12-13)26-2/h3-9,12H,10-11H2,1-2H3/t20-/m1/s1. The number of ether oxygens (including phenoxy) is 1. The second kappa shape index (κ2) is 5.17. The number of anilines is 1. The first-order valence-corrected chi connectivity index (χ1v) is 8.66. The molecular formula is C20H18N4O2. The average molecular weight is 346 g/mol. The Balaban J connectivity index is 1.75. The van der Waals surface area contributed by atoms with Gasteiger partial charge in [-0.3, -0.25) is 9.69 Å². The molecule has 1 saturated heterocycles. The Morgan fingerprint density at radius 1 is 1.15 bits per heavy atom. The number of methoxy groups -OCH3 is 1. The normalized spacial score (nSPS) is 20.5. The van der Waals surface area contributed by atoms with Crippen molar-refractivity contribution in [2.24, 2.45) is 0 Å². The van der Waals surface area contributed by atoms with Gasteiger partial charge in [0.1, 0.15) is 11.4 Å². The van der Waals surface area contributed by atoms with Gasteiger partial charge >= 0.3 is 0 Å². The van der Waals surface area contributed by atoms with Crippen molar-refractivity contribution in [3.63, 3.8) is 0 Å². The second-order valence-electron chi connectivity index (χ2n) is 6.87. The Morgan fingerprint density at radius 3 is 2.85 bits per heavy atom. The van der Waals surface area contributed by atoms with E-state index in [2.05, 4.69) is 6.92 Å². The van der Waals surface area contributed by atoms with Crippen LogP contribution in [0.15, 0.2) is 48.5 Å². The highest BCUT2D eigenvalue weighted by molar-refractivity contribution is 6.01. The van der Waals surface area contributed by atoms with Gasteiger partial charge in [0, 0.05) is 24.0 Å². The summed E-state index contributed by atoms with van der Waals surface area (Å²) in [6.07, 6.45) is 1.23. The Hall–Kier alpha value is -3.15. The summed E-state index contributed by atoms with van der Waals surface area (Å²) in [7, 11) is 1.64. The zero-order chi connectivity index (χ0) is 17.9. The van der Waals surface area contributed by atoms with E-state index in [0.29, 0.717) is 18.7 Å². The first-order valence-electron chi connectivity index (χ1n) is 8.66. The summed E-state index contributed by atoms with van der Waals surface area (Å²) >= 11 is 0. The molecule has 3 aromatic rings. The topological polar surface area (TPSA) is 60.2 Å². The van der Waals surface area contributed by atoms with E-state index in [0.717, 1.165) is 28.4 Å². The molecule has 1 fully saturated rings. The lowest BCUT2D eigenvalue weighted by molar-refractivity contribution is -0.117. The Bertz CT molecular complexity index is 1040. The zero-order valence-electron chi connectivity index (χ0n) is 14.6. The van der Waals surface area contributed by atoms with Gasteiger partial charge in [0.25, 0.3) is 0 Å². The number of hydrogen-bond donors (Lipinski definition) is 0. The molecule has 0 unspecified atom stereocenters. The molecule has 26 heavy (non-hydrogen) atoms. The van der Waals surface area contributed by atoms with Crippen molar-refractivity contribution in [3.8, 4) is 28.5 Å². The number of amides is 1. The van der Waals surface area contributed by atoms with Crippen LogP contribution in [0, 0.1) is 0 Å². The van der Waals surface area contributed by atoms with Crippen LogP contribution in [0.25, 0.3) is 22.8 Å². The summed E-state index contributed by atoms with van der Waals surface area (Å²) in [6.45, 7) is 2.06. The second-order valence-corrected chi connectivity index (χ2v) is 6.87. The van der Waals surface area contributed by atoms with Crippen LogP contribution < -0.4 is 9.64 Å². The molecular weight excluding hydrogens is 328 g/mol. The van der Waals surface area contributed by atoms with Crippen molar-refractivity contribution < 1.29 is 9.53 Å². The molecule has 2 aliphatic rings. The van der Waals surface area contributed by atoms with Gasteiger partial charge in [-0.2, -0.15) is 0 Å². The van der Waals surface area contributed by atoms with E-state index < -0.39 is 5.66 Å². The van der Waals surface area contributed by atoms with Crippen molar-refractivity contribution in [1.82, 2.24) is 14.8 Å². The third-order valence-electron chi connectivity index (χ3n) is 5.32. The van der Waals surface area contributed by atoms with Crippen LogP contribution >= 0.6 is 0 Å². The molecule has 0 radical (unpaired) electrons. The molecule has 3 heterocycles. The van der Waals surface area contributed by atoms with Crippen molar-refractivity contribution in [3.05, 3.63) is 48.5 Å². The van der Waals surface area contributed by atoms with Crippen LogP contribution in [-0.4, -0.2) is 27.8 Å². The molecule has 1 amide bonds. The summed E-state index contributed by atoms with van der Waals surface area (Å²) < 4.78 is 7.23. The minimum absolute atomic E-state index is 0.129. The largest absolute Gasteiger partial charge is 0.497 e. The summed E-state index contributed by atoms with van der Waals surface area (Å²) in [4.78, 5) is 19.3. The van der Waals surface area contributed by atoms with Crippen molar-refractivity contribution >= 4 is 11.6 Å². The van der Waals surface area contributed by atoms with Crippen LogP contribution in [-0.2, 0) is 10.5 Å². The summed E-state index contributed by atoms with van der Waals surface area (Å²) in [6, 6.07) is 15.6. The summed E-state index contributed by atoms with van der Waals surface area (Å²) in [5.41, 5.74) is 2.21. The number of rotatable bonds is 2. The van der Waals surface area contributed by atoms with Gasteiger partial charge in [-0.15, -0.1) is 5.10 Å². The van der Waals surface area contributed by atoms with Crippen LogP contribution in [0.5, 0.6) is 5.75 Å². The van der Waals surface area contributed by atoms with Crippen LogP contribution in [0.3, 0.4) is 0 Å². The summed E-state index contributed by atoms with van der Waals surface area (Å²) in [5.74, 6) is 2.33. The van der Waals surface area contributed by atoms with Crippen LogP contribution in [0.1, 0.15) is 19.8 Å². The molecule has 5 rings (SSSR count). The average Bonchev–Trinajstić information content (AvgIpc) is 3.25. The maximum Gasteiger partial charge on any atom is 0.229 e. The van der Waals surface area contributed by atoms with E-state index in [1.54, 1.807) is 7.11 Å². The lowest BCUT2D eigenvalue weighted by Crippen LogP contribution is -2.49. The molecule has 0 bridgehead atoms. The number of para-hydroxylation sites is 1. The van der Waals surface area contributed by atoms with Gasteiger partial charge < -0.3 is 4.74 Å².